The Hall–Kier alpha value is -3.26. The Kier molecular flexibility index (Phi) is 18.4. The second-order valence-electron chi connectivity index (χ2n) is 17.1. The van der Waals surface area contributed by atoms with Crippen LogP contribution >= 0.6 is 0 Å². The molecule has 0 aliphatic heterocycles. The minimum atomic E-state index is -2.54. The molecule has 54 heavy (non-hydrogen) atoms. The van der Waals surface area contributed by atoms with Crippen molar-refractivity contribution in [1.82, 2.24) is 5.32 Å². The van der Waals surface area contributed by atoms with Crippen molar-refractivity contribution in [3.05, 3.63) is 33.7 Å². The van der Waals surface area contributed by atoms with Crippen LogP contribution in [-0.4, -0.2) is 78.4 Å². The van der Waals surface area contributed by atoms with Crippen LogP contribution in [-0.2, 0) is 36.4 Å². The Labute approximate surface area is 322 Å². The van der Waals surface area contributed by atoms with Crippen LogP contribution in [0.3, 0.4) is 0 Å². The molecular weight excluding hydrogens is 715 g/mol. The topological polar surface area (TPSA) is 178 Å². The predicted octanol–water partition coefficient (Wildman–Crippen LogP) is 7.84. The van der Waals surface area contributed by atoms with Crippen LogP contribution in [0.15, 0.2) is 17.2 Å². The third-order valence-corrected chi connectivity index (χ3v) is 15.8. The molecule has 1 aliphatic carbocycles. The van der Waals surface area contributed by atoms with Crippen molar-refractivity contribution in [2.45, 2.75) is 124 Å². The molecule has 4 atom stereocenters. The molecule has 15 heteroatoms. The van der Waals surface area contributed by atoms with E-state index in [1.807, 2.05) is 39.8 Å². The summed E-state index contributed by atoms with van der Waals surface area (Å²) < 4.78 is 45.9. The lowest BCUT2D eigenvalue weighted by atomic mass is 9.81. The fourth-order valence-electron chi connectivity index (χ4n) is 6.39. The monoisotopic (exact) mass is 780 g/mol. The molecule has 0 bridgehead atoms. The van der Waals surface area contributed by atoms with Crippen LogP contribution in [0, 0.1) is 29.1 Å². The van der Waals surface area contributed by atoms with Crippen LogP contribution < -0.4 is 21.1 Å². The van der Waals surface area contributed by atoms with Crippen LogP contribution in [0.2, 0.25) is 18.1 Å². The first-order valence-electron chi connectivity index (χ1n) is 19.2. The molecule has 0 aromatic heterocycles. The number of nitrogens with one attached hydrogen (secondary N) is 2. The van der Waals surface area contributed by atoms with Gasteiger partial charge in [-0.1, -0.05) is 53.6 Å². The number of fused-ring (bicyclic) bond motifs is 1. The summed E-state index contributed by atoms with van der Waals surface area (Å²) in [6, 6.07) is 3.28. The average molecular weight is 781 g/mol. The number of aryl methyl sites for hydroxylation is 2. The van der Waals surface area contributed by atoms with Crippen LogP contribution in [0.5, 0.6) is 5.75 Å². The van der Waals surface area contributed by atoms with Crippen molar-refractivity contribution >= 4 is 31.7 Å². The number of azide groups is 1. The zero-order chi connectivity index (χ0) is 40.9. The van der Waals surface area contributed by atoms with E-state index >= 15 is 0 Å². The van der Waals surface area contributed by atoms with Crippen LogP contribution in [0.1, 0.15) is 91.7 Å². The molecule has 0 unspecified atom stereocenters. The molecule has 0 heterocycles. The average Bonchev–Trinajstić information content (AvgIpc) is 3.54. The number of carbonyl (C=O) groups excluding carboxylic acids is 3. The number of methoxy groups -OCH3 is 1. The van der Waals surface area contributed by atoms with Gasteiger partial charge in [-0.2, -0.15) is 0 Å². The van der Waals surface area contributed by atoms with Gasteiger partial charge in [0.15, 0.2) is 8.32 Å². The fraction of sp³-hybridized carbons (Fsp3) is 0.769. The molecule has 3 amide bonds. The van der Waals surface area contributed by atoms with Gasteiger partial charge in [0.25, 0.3) is 0 Å². The summed E-state index contributed by atoms with van der Waals surface area (Å²) in [7, 11) is -0.899. The maximum atomic E-state index is 13.8. The maximum Gasteiger partial charge on any atom is 0.230 e. The molecule has 1 aromatic carbocycles. The van der Waals surface area contributed by atoms with Gasteiger partial charge in [-0.15, -0.1) is 0 Å². The number of hydrogen-bond acceptors (Lipinski definition) is 7. The first-order chi connectivity index (χ1) is 25.2. The summed E-state index contributed by atoms with van der Waals surface area (Å²) in [5, 5.41) is 9.67. The largest absolute Gasteiger partial charge is 0.491 e. The molecule has 306 valence electrons. The number of benzene rings is 1. The molecule has 12 nitrogen and oxygen atoms in total. The zero-order valence-corrected chi connectivity index (χ0v) is 35.2. The third kappa shape index (κ3) is 13.2. The summed E-state index contributed by atoms with van der Waals surface area (Å²) in [5.41, 5.74) is 16.0. The van der Waals surface area contributed by atoms with Gasteiger partial charge < -0.3 is 30.3 Å². The van der Waals surface area contributed by atoms with E-state index in [4.69, 9.17) is 19.6 Å². The molecule has 0 radical (unpaired) electrons. The van der Waals surface area contributed by atoms with E-state index in [9.17, 15) is 28.7 Å². The fourth-order valence-corrected chi connectivity index (χ4v) is 7.76. The van der Waals surface area contributed by atoms with Crippen molar-refractivity contribution in [2.75, 3.05) is 45.5 Å². The van der Waals surface area contributed by atoms with E-state index < -0.39 is 63.5 Å². The highest BCUT2D eigenvalue weighted by Crippen LogP contribution is 2.40. The number of nitrogens with two attached hydrogens (primary N) is 1. The van der Waals surface area contributed by atoms with Crippen molar-refractivity contribution in [1.29, 1.82) is 0 Å². The van der Waals surface area contributed by atoms with Gasteiger partial charge in [0.1, 0.15) is 24.5 Å². The summed E-state index contributed by atoms with van der Waals surface area (Å²) in [5.74, 6) is -2.48. The SMILES string of the molecule is COCCCOc1cc2c(cc1NC(=O)C[C@@H](C[C@H](N=[N+]=[N-])[C@H](C[C@H](C(=O)NCC(CF)(CF)C(N)=O)C(C)C)O[Si](C)(C)C(C)(C)C)C(C)C)CCC2. The first kappa shape index (κ1) is 46.9. The minimum absolute atomic E-state index is 0.0120. The molecule has 0 saturated heterocycles. The first-order valence-corrected chi connectivity index (χ1v) is 22.2. The lowest BCUT2D eigenvalue weighted by molar-refractivity contribution is -0.132. The normalized spacial score (nSPS) is 15.6. The van der Waals surface area contributed by atoms with Gasteiger partial charge in [-0.3, -0.25) is 14.4 Å². The van der Waals surface area contributed by atoms with Crippen LogP contribution in [0.25, 0.3) is 10.4 Å². The van der Waals surface area contributed by atoms with Crippen molar-refractivity contribution < 1.29 is 37.1 Å². The summed E-state index contributed by atoms with van der Waals surface area (Å²) in [6.45, 7) is 15.8. The van der Waals surface area contributed by atoms with E-state index in [1.54, 1.807) is 7.11 Å². The molecule has 2 rings (SSSR count). The lowest BCUT2D eigenvalue weighted by Gasteiger charge is -2.42. The number of anilines is 1. The van der Waals surface area contributed by atoms with Gasteiger partial charge in [0, 0.05) is 43.9 Å². The lowest BCUT2D eigenvalue weighted by Crippen LogP contribution is -2.52. The molecule has 1 aliphatic rings. The second-order valence-corrected chi connectivity index (χ2v) is 21.8. The van der Waals surface area contributed by atoms with Crippen molar-refractivity contribution in [2.24, 2.45) is 39.9 Å². The number of primary amides is 1. The smallest absolute Gasteiger partial charge is 0.230 e. The Balaban J connectivity index is 2.42. The van der Waals surface area contributed by atoms with E-state index in [1.165, 1.54) is 11.1 Å². The summed E-state index contributed by atoms with van der Waals surface area (Å²) in [4.78, 5) is 42.6. The highest BCUT2D eigenvalue weighted by Gasteiger charge is 2.43. The van der Waals surface area contributed by atoms with Crippen molar-refractivity contribution in [3.63, 3.8) is 0 Å². The highest BCUT2D eigenvalue weighted by atomic mass is 28.4. The van der Waals surface area contributed by atoms with Gasteiger partial charge in [0.2, 0.25) is 17.7 Å². The number of ether oxygens (including phenoxy) is 2. The molecule has 0 spiro atoms. The van der Waals surface area contributed by atoms with Crippen LogP contribution in [0.4, 0.5) is 14.5 Å². The van der Waals surface area contributed by atoms with E-state index in [-0.39, 0.29) is 41.5 Å². The Morgan fingerprint density at radius 3 is 2.17 bits per heavy atom. The van der Waals surface area contributed by atoms with E-state index in [2.05, 4.69) is 54.5 Å². The Bertz CT molecular complexity index is 1450. The van der Waals surface area contributed by atoms with Gasteiger partial charge >= 0.3 is 0 Å². The van der Waals surface area contributed by atoms with E-state index in [0.29, 0.717) is 37.5 Å². The molecule has 0 fully saturated rings. The number of halogens is 2. The molecular formula is C39H66F2N6O6Si. The highest BCUT2D eigenvalue weighted by molar-refractivity contribution is 6.74. The summed E-state index contributed by atoms with van der Waals surface area (Å²) in [6.07, 6.45) is 3.51. The number of hydrogen-bond donors (Lipinski definition) is 3. The Morgan fingerprint density at radius 1 is 1.02 bits per heavy atom. The number of alkyl halides is 2. The van der Waals surface area contributed by atoms with Crippen molar-refractivity contribution in [3.8, 4) is 5.75 Å². The molecule has 4 N–H and O–H groups in total. The van der Waals surface area contributed by atoms with Gasteiger partial charge in [0.05, 0.1) is 24.4 Å². The predicted molar refractivity (Wildman–Crippen MR) is 211 cm³/mol. The Morgan fingerprint density at radius 2 is 1.65 bits per heavy atom. The van der Waals surface area contributed by atoms with Gasteiger partial charge in [-0.05, 0) is 96.8 Å². The number of rotatable bonds is 24. The van der Waals surface area contributed by atoms with E-state index in [0.717, 1.165) is 19.3 Å². The number of carbonyl (C=O) groups is 3. The zero-order valence-electron chi connectivity index (χ0n) is 34.2. The van der Waals surface area contributed by atoms with Gasteiger partial charge in [-0.25, -0.2) is 8.78 Å². The third-order valence-electron chi connectivity index (χ3n) is 11.3. The summed E-state index contributed by atoms with van der Waals surface area (Å²) >= 11 is 0. The molecule has 0 saturated carbocycles. The molecule has 1 aromatic rings. The number of nitrogens with zero attached hydrogens (tertiary/aromatic N) is 3. The maximum absolute atomic E-state index is 13.8. The number of amides is 3. The minimum Gasteiger partial charge on any atom is -0.491 e. The second kappa shape index (κ2) is 21.2. The quantitative estimate of drug-likeness (QED) is 0.0316. The standard InChI is InChI=1S/C39H66F2N6O6Si/c1-25(2)29(20-35(48)45-31-17-27-13-11-14-28(27)19-33(31)52-16-12-15-51-8)18-32(46-47-43)34(53-54(9,10)38(5,6)7)21-30(26(3)4)36(49)44-24-39(22-40,23-41)37(42)50/h17,19,25-26,29-30,32,34H,11-16,18,20-24H2,1-10H3,(H2,42,50)(H,44,49)(H,45,48)/t29-,30+,32+,34+/m1/s1.